The molecule has 2 rings (SSSR count). The standard InChI is InChI=1S/C20H31N3O3.HI/c1-14(2)16-8-6-7-9-18(16)26-11-10-22-20(21-4)23-12-15(3)17(13-23)19(24)25-5;/h6-9,14-15,17H,10-13H2,1-5H3,(H,21,22);1H. The van der Waals surface area contributed by atoms with Crippen molar-refractivity contribution in [2.45, 2.75) is 26.7 Å². The predicted molar refractivity (Wildman–Crippen MR) is 119 cm³/mol. The lowest BCUT2D eigenvalue weighted by molar-refractivity contribution is -0.145. The molecule has 0 aromatic heterocycles. The molecule has 1 aromatic carbocycles. The number of esters is 1. The summed E-state index contributed by atoms with van der Waals surface area (Å²) in [5.41, 5.74) is 1.21. The minimum atomic E-state index is -0.149. The van der Waals surface area contributed by atoms with Gasteiger partial charge in [0.1, 0.15) is 12.4 Å². The normalized spacial score (nSPS) is 19.6. The van der Waals surface area contributed by atoms with Gasteiger partial charge in [-0.05, 0) is 23.5 Å². The zero-order valence-corrected chi connectivity index (χ0v) is 19.2. The number of aliphatic imine (C=N–C) groups is 1. The number of rotatable bonds is 6. The van der Waals surface area contributed by atoms with E-state index in [1.165, 1.54) is 12.7 Å². The molecule has 1 N–H and O–H groups in total. The number of carbonyl (C=O) groups excluding carboxylic acids is 1. The summed E-state index contributed by atoms with van der Waals surface area (Å²) in [6.45, 7) is 9.00. The minimum Gasteiger partial charge on any atom is -0.491 e. The third-order valence-electron chi connectivity index (χ3n) is 4.81. The molecule has 1 aliphatic heterocycles. The highest BCUT2D eigenvalue weighted by atomic mass is 127. The third-order valence-corrected chi connectivity index (χ3v) is 4.81. The second-order valence-electron chi connectivity index (χ2n) is 7.03. The van der Waals surface area contributed by atoms with Crippen molar-refractivity contribution in [1.82, 2.24) is 10.2 Å². The number of halogens is 1. The lowest BCUT2D eigenvalue weighted by Gasteiger charge is -2.22. The van der Waals surface area contributed by atoms with Crippen LogP contribution in [-0.2, 0) is 9.53 Å². The van der Waals surface area contributed by atoms with E-state index in [1.54, 1.807) is 7.05 Å². The number of methoxy groups -OCH3 is 1. The van der Waals surface area contributed by atoms with Gasteiger partial charge in [-0.1, -0.05) is 39.0 Å². The molecule has 1 aliphatic rings. The fourth-order valence-electron chi connectivity index (χ4n) is 3.34. The van der Waals surface area contributed by atoms with Gasteiger partial charge in [0.15, 0.2) is 5.96 Å². The highest BCUT2D eigenvalue weighted by Crippen LogP contribution is 2.26. The van der Waals surface area contributed by atoms with Crippen LogP contribution in [0.4, 0.5) is 0 Å². The van der Waals surface area contributed by atoms with Gasteiger partial charge in [0.2, 0.25) is 0 Å². The molecule has 6 nitrogen and oxygen atoms in total. The number of para-hydroxylation sites is 1. The molecule has 0 bridgehead atoms. The first-order chi connectivity index (χ1) is 12.5. The number of ether oxygens (including phenoxy) is 2. The molecule has 0 spiro atoms. The van der Waals surface area contributed by atoms with Crippen LogP contribution >= 0.6 is 24.0 Å². The van der Waals surface area contributed by atoms with E-state index in [2.05, 4.69) is 42.0 Å². The Kier molecular flexibility index (Phi) is 9.90. The Bertz CT molecular complexity index is 637. The molecule has 0 amide bonds. The van der Waals surface area contributed by atoms with Gasteiger partial charge in [0.05, 0.1) is 19.6 Å². The van der Waals surface area contributed by atoms with E-state index >= 15 is 0 Å². The molecule has 27 heavy (non-hydrogen) atoms. The van der Waals surface area contributed by atoms with Gasteiger partial charge in [0.25, 0.3) is 0 Å². The Morgan fingerprint density at radius 3 is 2.67 bits per heavy atom. The van der Waals surface area contributed by atoms with Crippen LogP contribution in [0.15, 0.2) is 29.3 Å². The average Bonchev–Trinajstić information content (AvgIpc) is 3.02. The Hall–Kier alpha value is -1.51. The fourth-order valence-corrected chi connectivity index (χ4v) is 3.34. The number of guanidine groups is 1. The summed E-state index contributed by atoms with van der Waals surface area (Å²) in [5.74, 6) is 2.14. The highest BCUT2D eigenvalue weighted by molar-refractivity contribution is 14.0. The van der Waals surface area contributed by atoms with Crippen LogP contribution in [0.2, 0.25) is 0 Å². The zero-order valence-electron chi connectivity index (χ0n) is 16.9. The molecule has 0 aliphatic carbocycles. The van der Waals surface area contributed by atoms with Crippen LogP contribution < -0.4 is 10.1 Å². The molecule has 1 fully saturated rings. The number of benzene rings is 1. The lowest BCUT2D eigenvalue weighted by atomic mass is 9.99. The van der Waals surface area contributed by atoms with E-state index in [1.807, 2.05) is 18.2 Å². The maximum Gasteiger partial charge on any atom is 0.310 e. The van der Waals surface area contributed by atoms with Crippen molar-refractivity contribution in [3.63, 3.8) is 0 Å². The van der Waals surface area contributed by atoms with Crippen molar-refractivity contribution in [1.29, 1.82) is 0 Å². The van der Waals surface area contributed by atoms with Crippen LogP contribution in [0, 0.1) is 11.8 Å². The number of nitrogens with zero attached hydrogens (tertiary/aromatic N) is 2. The monoisotopic (exact) mass is 489 g/mol. The lowest BCUT2D eigenvalue weighted by Crippen LogP contribution is -2.42. The molecule has 152 valence electrons. The van der Waals surface area contributed by atoms with Crippen molar-refractivity contribution in [3.8, 4) is 5.75 Å². The van der Waals surface area contributed by atoms with Crippen LogP contribution in [-0.4, -0.2) is 57.2 Å². The first kappa shape index (κ1) is 23.5. The van der Waals surface area contributed by atoms with Crippen LogP contribution in [0.5, 0.6) is 5.75 Å². The smallest absolute Gasteiger partial charge is 0.310 e. The number of nitrogens with one attached hydrogen (secondary N) is 1. The first-order valence-corrected chi connectivity index (χ1v) is 9.23. The number of hydrogen-bond acceptors (Lipinski definition) is 4. The van der Waals surface area contributed by atoms with Crippen molar-refractivity contribution >= 4 is 35.9 Å². The molecular weight excluding hydrogens is 457 g/mol. The zero-order chi connectivity index (χ0) is 19.1. The maximum absolute atomic E-state index is 11.9. The van der Waals surface area contributed by atoms with Crippen molar-refractivity contribution < 1.29 is 14.3 Å². The summed E-state index contributed by atoms with van der Waals surface area (Å²) in [5, 5.41) is 3.33. The second-order valence-corrected chi connectivity index (χ2v) is 7.03. The fraction of sp³-hybridized carbons (Fsp3) is 0.600. The summed E-state index contributed by atoms with van der Waals surface area (Å²) >= 11 is 0. The number of hydrogen-bond donors (Lipinski definition) is 1. The molecule has 1 aromatic rings. The minimum absolute atomic E-state index is 0. The summed E-state index contributed by atoms with van der Waals surface area (Å²) in [7, 11) is 3.20. The Morgan fingerprint density at radius 2 is 2.04 bits per heavy atom. The molecule has 2 atom stereocenters. The van der Waals surface area contributed by atoms with Crippen LogP contribution in [0.1, 0.15) is 32.3 Å². The molecule has 1 heterocycles. The van der Waals surface area contributed by atoms with E-state index in [0.717, 1.165) is 18.3 Å². The third kappa shape index (κ3) is 6.26. The quantitative estimate of drug-likeness (QED) is 0.219. The molecule has 0 saturated carbocycles. The topological polar surface area (TPSA) is 63.2 Å². The van der Waals surface area contributed by atoms with Gasteiger partial charge in [0, 0.05) is 20.1 Å². The largest absolute Gasteiger partial charge is 0.491 e. The Morgan fingerprint density at radius 1 is 1.33 bits per heavy atom. The number of likely N-dealkylation sites (tertiary alicyclic amines) is 1. The summed E-state index contributed by atoms with van der Waals surface area (Å²) < 4.78 is 10.8. The molecular formula is C20H32IN3O3. The Labute approximate surface area is 179 Å². The van der Waals surface area contributed by atoms with Gasteiger partial charge in [-0.2, -0.15) is 0 Å². The summed E-state index contributed by atoms with van der Waals surface area (Å²) in [6, 6.07) is 8.14. The number of carbonyl (C=O) groups is 1. The van der Waals surface area contributed by atoms with E-state index in [-0.39, 0.29) is 41.8 Å². The Balaban J connectivity index is 0.00000364. The summed E-state index contributed by atoms with van der Waals surface area (Å²) in [6.07, 6.45) is 0. The van der Waals surface area contributed by atoms with E-state index < -0.39 is 0 Å². The first-order valence-electron chi connectivity index (χ1n) is 9.23. The van der Waals surface area contributed by atoms with Crippen LogP contribution in [0.3, 0.4) is 0 Å². The average molecular weight is 489 g/mol. The van der Waals surface area contributed by atoms with E-state index in [0.29, 0.717) is 25.6 Å². The summed E-state index contributed by atoms with van der Waals surface area (Å²) in [4.78, 5) is 18.3. The van der Waals surface area contributed by atoms with Gasteiger partial charge in [-0.15, -0.1) is 24.0 Å². The second kappa shape index (κ2) is 11.4. The van der Waals surface area contributed by atoms with Gasteiger partial charge in [-0.3, -0.25) is 9.79 Å². The van der Waals surface area contributed by atoms with Crippen molar-refractivity contribution in [3.05, 3.63) is 29.8 Å². The predicted octanol–water partition coefficient (Wildman–Crippen LogP) is 3.12. The van der Waals surface area contributed by atoms with E-state index in [9.17, 15) is 4.79 Å². The molecule has 0 radical (unpaired) electrons. The molecule has 2 unspecified atom stereocenters. The van der Waals surface area contributed by atoms with E-state index in [4.69, 9.17) is 9.47 Å². The molecule has 1 saturated heterocycles. The van der Waals surface area contributed by atoms with Crippen LogP contribution in [0.25, 0.3) is 0 Å². The molecule has 7 heteroatoms. The maximum atomic E-state index is 11.9. The van der Waals surface area contributed by atoms with Gasteiger partial charge >= 0.3 is 5.97 Å². The van der Waals surface area contributed by atoms with Crippen molar-refractivity contribution in [2.75, 3.05) is 40.4 Å². The van der Waals surface area contributed by atoms with Gasteiger partial charge in [-0.25, -0.2) is 0 Å². The SMILES string of the molecule is CN=C(NCCOc1ccccc1C(C)C)N1CC(C)C(C(=O)OC)C1.I. The van der Waals surface area contributed by atoms with Crippen molar-refractivity contribution in [2.24, 2.45) is 16.8 Å². The van der Waals surface area contributed by atoms with Gasteiger partial charge < -0.3 is 19.7 Å². The highest BCUT2D eigenvalue weighted by Gasteiger charge is 2.36.